The number of hydrogen-bond donors (Lipinski definition) is 0. The van der Waals surface area contributed by atoms with Gasteiger partial charge in [0, 0.05) is 0 Å². The Morgan fingerprint density at radius 3 is 2.35 bits per heavy atom. The number of rotatable bonds is 5. The van der Waals surface area contributed by atoms with Crippen molar-refractivity contribution in [3.63, 3.8) is 0 Å². The van der Waals surface area contributed by atoms with Crippen molar-refractivity contribution in [3.05, 3.63) is 64.7 Å². The second-order valence-corrected chi connectivity index (χ2v) is 6.48. The van der Waals surface area contributed by atoms with Crippen molar-refractivity contribution in [1.82, 2.24) is 4.90 Å². The number of hydrogen-bond acceptors (Lipinski definition) is 1. The fourth-order valence-corrected chi connectivity index (χ4v) is 2.86. The summed E-state index contributed by atoms with van der Waals surface area (Å²) in [5.41, 5.74) is 1.20. The molecule has 0 saturated carbocycles. The number of halogens is 1. The van der Waals surface area contributed by atoms with Crippen molar-refractivity contribution < 1.29 is 0 Å². The number of benzene rings is 1. The van der Waals surface area contributed by atoms with Crippen LogP contribution in [0.3, 0.4) is 0 Å². The summed E-state index contributed by atoms with van der Waals surface area (Å²) in [6.07, 6.45) is 15.1. The number of allylic oxidation sites excluding steroid dienone is 4. The Labute approximate surface area is 137 Å². The van der Waals surface area contributed by atoms with Crippen LogP contribution < -0.4 is 0 Å². The molecule has 0 aliphatic carbocycles. The van der Waals surface area contributed by atoms with Gasteiger partial charge in [0.05, 0.1) is 0 Å². The molecule has 1 aliphatic rings. The number of nitrogens with zero attached hydrogens (tertiary/aromatic N) is 1. The molecule has 2 rings (SSSR count). The van der Waals surface area contributed by atoms with E-state index in [1.165, 1.54) is 36.0 Å². The summed E-state index contributed by atoms with van der Waals surface area (Å²) in [6.45, 7) is 2.36. The topological polar surface area (TPSA) is 3.24 Å². The monoisotopic (exact) mass is 395 g/mol. The predicted octanol–water partition coefficient (Wildman–Crippen LogP) is 3.97. The Hall–Kier alpha value is -0.891. The van der Waals surface area contributed by atoms with E-state index < -0.39 is 0 Å². The van der Waals surface area contributed by atoms with Crippen LogP contribution in [0.2, 0.25) is 0 Å². The van der Waals surface area contributed by atoms with E-state index in [1.807, 2.05) is 12.1 Å². The Bertz CT molecular complexity index is 522. The molecular weight excluding hydrogens is 377 g/mol. The van der Waals surface area contributed by atoms with Crippen LogP contribution in [0.5, 0.6) is 0 Å². The van der Waals surface area contributed by atoms with Crippen molar-refractivity contribution in [2.24, 2.45) is 0 Å². The molecule has 1 fully saturated rings. The molecule has 104 valence electrons. The Morgan fingerprint density at radius 2 is 1.65 bits per heavy atom. The SMILES string of the molecule is [Se]=C(/C=C/C=C/C=C/c1ccc(Br)cc1)N1CCCC1. The third kappa shape index (κ3) is 5.24. The van der Waals surface area contributed by atoms with Crippen LogP contribution >= 0.6 is 15.9 Å². The molecule has 1 aromatic rings. The molecule has 0 aromatic heterocycles. The van der Waals surface area contributed by atoms with Gasteiger partial charge in [0.25, 0.3) is 0 Å². The first-order chi connectivity index (χ1) is 9.75. The van der Waals surface area contributed by atoms with Crippen LogP contribution in [0.4, 0.5) is 0 Å². The van der Waals surface area contributed by atoms with E-state index in [9.17, 15) is 0 Å². The molecule has 0 unspecified atom stereocenters. The van der Waals surface area contributed by atoms with E-state index in [0.29, 0.717) is 0 Å². The average molecular weight is 395 g/mol. The van der Waals surface area contributed by atoms with Crippen molar-refractivity contribution >= 4 is 42.1 Å². The second-order valence-electron chi connectivity index (χ2n) is 4.69. The Balaban J connectivity index is 1.78. The first-order valence-electron chi connectivity index (χ1n) is 6.81. The minimum atomic E-state index is 1.11. The normalized spacial score (nSPS) is 15.9. The van der Waals surface area contributed by atoms with Gasteiger partial charge in [-0.1, -0.05) is 0 Å². The molecular formula is C17H18BrNSe. The van der Waals surface area contributed by atoms with Crippen LogP contribution in [0.25, 0.3) is 6.08 Å². The molecule has 1 aromatic carbocycles. The maximum atomic E-state index is 3.43. The van der Waals surface area contributed by atoms with Gasteiger partial charge in [0.1, 0.15) is 0 Å². The molecule has 20 heavy (non-hydrogen) atoms. The van der Waals surface area contributed by atoms with Crippen LogP contribution in [0.15, 0.2) is 59.1 Å². The molecule has 1 aliphatic heterocycles. The summed E-state index contributed by atoms with van der Waals surface area (Å²) < 4.78 is 2.35. The molecule has 0 radical (unpaired) electrons. The molecule has 3 heteroatoms. The summed E-state index contributed by atoms with van der Waals surface area (Å²) in [7, 11) is 0. The van der Waals surface area contributed by atoms with Gasteiger partial charge >= 0.3 is 138 Å². The first-order valence-corrected chi connectivity index (χ1v) is 8.46. The van der Waals surface area contributed by atoms with Gasteiger partial charge in [-0.25, -0.2) is 0 Å². The zero-order chi connectivity index (χ0) is 14.2. The fourth-order valence-electron chi connectivity index (χ4n) is 2.05. The predicted molar refractivity (Wildman–Crippen MR) is 93.0 cm³/mol. The number of likely N-dealkylation sites (tertiary alicyclic amines) is 1. The van der Waals surface area contributed by atoms with Crippen LogP contribution in [0, 0.1) is 0 Å². The molecule has 0 spiro atoms. The second kappa shape index (κ2) is 8.41. The Kier molecular flexibility index (Phi) is 6.52. The van der Waals surface area contributed by atoms with E-state index in [0.717, 1.165) is 4.47 Å². The standard InChI is InChI=1S/C17H18BrNSe/c18-16-11-9-15(10-12-16)7-3-1-2-4-8-17(20)19-13-5-6-14-19/h1-4,7-12H,5-6,13-14H2/b2-1+,7-3+,8-4+. The molecule has 0 bridgehead atoms. The molecule has 0 N–H and O–H groups in total. The van der Waals surface area contributed by atoms with E-state index in [2.05, 4.69) is 85.0 Å². The zero-order valence-corrected chi connectivity index (χ0v) is 14.6. The van der Waals surface area contributed by atoms with E-state index >= 15 is 0 Å². The molecule has 0 amide bonds. The average Bonchev–Trinajstić information content (AvgIpc) is 2.98. The van der Waals surface area contributed by atoms with E-state index in [-0.39, 0.29) is 0 Å². The Morgan fingerprint density at radius 1 is 1.00 bits per heavy atom. The fraction of sp³-hybridized carbons (Fsp3) is 0.235. The van der Waals surface area contributed by atoms with E-state index in [1.54, 1.807) is 0 Å². The van der Waals surface area contributed by atoms with Crippen LogP contribution in [-0.2, 0) is 0 Å². The summed E-state index contributed by atoms with van der Waals surface area (Å²) >= 11 is 6.57. The third-order valence-corrected chi connectivity index (χ3v) is 4.50. The summed E-state index contributed by atoms with van der Waals surface area (Å²) in [5, 5.41) is 0. The molecule has 0 atom stereocenters. The van der Waals surface area contributed by atoms with Gasteiger partial charge in [0.2, 0.25) is 0 Å². The van der Waals surface area contributed by atoms with Crippen LogP contribution in [0.1, 0.15) is 18.4 Å². The minimum absolute atomic E-state index is 1.11. The van der Waals surface area contributed by atoms with Crippen molar-refractivity contribution in [2.75, 3.05) is 13.1 Å². The maximum absolute atomic E-state index is 3.43. The molecule has 1 heterocycles. The van der Waals surface area contributed by atoms with E-state index in [4.69, 9.17) is 0 Å². The van der Waals surface area contributed by atoms with Crippen molar-refractivity contribution in [1.29, 1.82) is 0 Å². The van der Waals surface area contributed by atoms with Gasteiger partial charge in [-0.15, -0.1) is 0 Å². The van der Waals surface area contributed by atoms with Gasteiger partial charge in [-0.2, -0.15) is 0 Å². The third-order valence-electron chi connectivity index (χ3n) is 3.15. The first kappa shape index (κ1) is 15.5. The van der Waals surface area contributed by atoms with Crippen molar-refractivity contribution in [3.8, 4) is 0 Å². The van der Waals surface area contributed by atoms with Gasteiger partial charge in [-0.3, -0.25) is 0 Å². The molecule has 1 saturated heterocycles. The summed E-state index contributed by atoms with van der Waals surface area (Å²) in [6, 6.07) is 8.27. The summed E-state index contributed by atoms with van der Waals surface area (Å²) in [5.74, 6) is 0. The quantitative estimate of drug-likeness (QED) is 0.539. The van der Waals surface area contributed by atoms with Gasteiger partial charge in [-0.05, 0) is 0 Å². The van der Waals surface area contributed by atoms with Crippen molar-refractivity contribution in [2.45, 2.75) is 12.8 Å². The van der Waals surface area contributed by atoms with Gasteiger partial charge < -0.3 is 0 Å². The molecule has 1 nitrogen and oxygen atoms in total. The zero-order valence-electron chi connectivity index (χ0n) is 11.3. The summed E-state index contributed by atoms with van der Waals surface area (Å²) in [4.78, 5) is 2.39. The van der Waals surface area contributed by atoms with Crippen LogP contribution in [-0.4, -0.2) is 38.1 Å². The van der Waals surface area contributed by atoms with Gasteiger partial charge in [0.15, 0.2) is 0 Å².